The van der Waals surface area contributed by atoms with Crippen LogP contribution in [-0.2, 0) is 4.79 Å². The van der Waals surface area contributed by atoms with Gasteiger partial charge in [-0.15, -0.1) is 0 Å². The Morgan fingerprint density at radius 3 is 2.33 bits per heavy atom. The minimum Gasteiger partial charge on any atom is -0.315 e. The van der Waals surface area contributed by atoms with Gasteiger partial charge < -0.3 is 4.90 Å². The quantitative estimate of drug-likeness (QED) is 0.312. The molecular formula is C6H7NOSi. The molecule has 46 valence electrons. The molecule has 0 aromatic rings. The van der Waals surface area contributed by atoms with Gasteiger partial charge >= 0.3 is 0 Å². The van der Waals surface area contributed by atoms with Gasteiger partial charge in [0, 0.05) is 11.9 Å². The number of rotatable bonds is 4. The highest BCUT2D eigenvalue weighted by Crippen LogP contribution is 1.98. The van der Waals surface area contributed by atoms with Gasteiger partial charge in [-0.2, -0.15) is 0 Å². The first-order valence-electron chi connectivity index (χ1n) is 2.31. The van der Waals surface area contributed by atoms with E-state index in [1.807, 2.05) is 0 Å². The molecule has 2 nitrogen and oxygen atoms in total. The summed E-state index contributed by atoms with van der Waals surface area (Å²) in [4.78, 5) is 11.4. The van der Waals surface area contributed by atoms with Gasteiger partial charge in [0.1, 0.15) is 0 Å². The first-order chi connectivity index (χ1) is 4.26. The summed E-state index contributed by atoms with van der Waals surface area (Å²) in [6, 6.07) is 0. The molecule has 4 radical (unpaired) electrons. The molecule has 0 saturated heterocycles. The van der Waals surface area contributed by atoms with E-state index in [2.05, 4.69) is 23.4 Å². The van der Waals surface area contributed by atoms with Gasteiger partial charge in [-0.25, -0.2) is 0 Å². The van der Waals surface area contributed by atoms with Crippen molar-refractivity contribution in [3.8, 4) is 0 Å². The largest absolute Gasteiger partial charge is 0.315 e. The van der Waals surface area contributed by atoms with Crippen molar-refractivity contribution in [1.29, 1.82) is 0 Å². The summed E-state index contributed by atoms with van der Waals surface area (Å²) in [5, 5.41) is 0. The Bertz CT molecular complexity index is 133. The third-order valence-electron chi connectivity index (χ3n) is 0.820. The zero-order valence-electron chi connectivity index (χ0n) is 5.00. The fourth-order valence-electron chi connectivity index (χ4n) is 0.286. The van der Waals surface area contributed by atoms with Gasteiger partial charge in [-0.1, -0.05) is 13.2 Å². The van der Waals surface area contributed by atoms with E-state index in [9.17, 15) is 4.79 Å². The Morgan fingerprint density at radius 2 is 2.22 bits per heavy atom. The third kappa shape index (κ3) is 2.28. The van der Waals surface area contributed by atoms with Crippen molar-refractivity contribution >= 4 is 16.7 Å². The minimum atomic E-state index is 0.542. The molecule has 0 aromatic carbocycles. The lowest BCUT2D eigenvalue weighted by molar-refractivity contribution is -0.114. The van der Waals surface area contributed by atoms with Gasteiger partial charge in [-0.05, 0) is 6.08 Å². The van der Waals surface area contributed by atoms with Crippen molar-refractivity contribution in [3.63, 3.8) is 0 Å². The highest BCUT2D eigenvalue weighted by atomic mass is 28.1. The van der Waals surface area contributed by atoms with Crippen molar-refractivity contribution in [2.45, 2.75) is 0 Å². The van der Waals surface area contributed by atoms with Crippen LogP contribution in [-0.4, -0.2) is 21.6 Å². The molecule has 1 amide bonds. The lowest BCUT2D eigenvalue weighted by atomic mass is 10.4. The van der Waals surface area contributed by atoms with Crippen LogP contribution in [0.5, 0.6) is 0 Å². The van der Waals surface area contributed by atoms with Gasteiger partial charge in [0.05, 0.1) is 10.2 Å². The molecule has 0 N–H and O–H groups in total. The van der Waals surface area contributed by atoms with Crippen LogP contribution in [0.3, 0.4) is 0 Å². The number of carbonyl (C=O) groups excluding carboxylic acids is 1. The van der Waals surface area contributed by atoms with Crippen LogP contribution in [0.25, 0.3) is 0 Å². The molecule has 0 aliphatic rings. The summed E-state index contributed by atoms with van der Waals surface area (Å²) >= 11 is 0. The first-order valence-corrected chi connectivity index (χ1v) is 2.89. The zero-order chi connectivity index (χ0) is 7.28. The predicted molar refractivity (Wildman–Crippen MR) is 37.3 cm³/mol. The normalized spacial score (nSPS) is 8.11. The highest BCUT2D eigenvalue weighted by molar-refractivity contribution is 6.15. The van der Waals surface area contributed by atoms with Crippen LogP contribution < -0.4 is 0 Å². The molecule has 0 aliphatic heterocycles. The van der Waals surface area contributed by atoms with Gasteiger partial charge in [0.15, 0.2) is 0 Å². The van der Waals surface area contributed by atoms with Crippen LogP contribution in [0.4, 0.5) is 0 Å². The second-order valence-corrected chi connectivity index (χ2v) is 1.60. The Labute approximate surface area is 58.3 Å². The molecule has 0 fully saturated rings. The summed E-state index contributed by atoms with van der Waals surface area (Å²) in [5.41, 5.74) is 0.542. The van der Waals surface area contributed by atoms with Crippen LogP contribution in [0.15, 0.2) is 24.9 Å². The Kier molecular flexibility index (Phi) is 3.71. The fourth-order valence-corrected chi connectivity index (χ4v) is 0.513. The van der Waals surface area contributed by atoms with Crippen LogP contribution in [0.1, 0.15) is 0 Å². The molecule has 3 heteroatoms. The molecule has 0 saturated carbocycles. The van der Waals surface area contributed by atoms with Gasteiger partial charge in [0.25, 0.3) is 0 Å². The second-order valence-electron chi connectivity index (χ2n) is 1.34. The molecule has 0 bridgehead atoms. The molecule has 0 heterocycles. The summed E-state index contributed by atoms with van der Waals surface area (Å²) in [7, 11) is 3.02. The number of amides is 1. The summed E-state index contributed by atoms with van der Waals surface area (Å²) in [5.74, 6) is 0. The van der Waals surface area contributed by atoms with E-state index < -0.39 is 0 Å². The van der Waals surface area contributed by atoms with E-state index in [0.29, 0.717) is 12.1 Å². The SMILES string of the molecule is C=CC(=C)N([CH][Si])C=O. The van der Waals surface area contributed by atoms with Gasteiger partial charge in [-0.3, -0.25) is 4.79 Å². The molecular weight excluding hydrogens is 130 g/mol. The minimum absolute atomic E-state index is 0.542. The van der Waals surface area contributed by atoms with E-state index in [1.54, 1.807) is 0 Å². The topological polar surface area (TPSA) is 20.3 Å². The molecule has 0 aliphatic carbocycles. The predicted octanol–water partition coefficient (Wildman–Crippen LogP) is 0.432. The van der Waals surface area contributed by atoms with E-state index in [0.717, 1.165) is 0 Å². The van der Waals surface area contributed by atoms with E-state index in [4.69, 9.17) is 0 Å². The first kappa shape index (κ1) is 8.17. The number of nitrogens with zero attached hydrogens (tertiary/aromatic N) is 1. The van der Waals surface area contributed by atoms with E-state index in [1.165, 1.54) is 17.1 Å². The maximum absolute atomic E-state index is 10.1. The summed E-state index contributed by atoms with van der Waals surface area (Å²) < 4.78 is 0. The Balaban J connectivity index is 3.93. The second kappa shape index (κ2) is 4.09. The Hall–Kier alpha value is -0.833. The van der Waals surface area contributed by atoms with Crippen LogP contribution >= 0.6 is 0 Å². The smallest absolute Gasteiger partial charge is 0.214 e. The van der Waals surface area contributed by atoms with Crippen molar-refractivity contribution in [3.05, 3.63) is 31.1 Å². The molecule has 0 unspecified atom stereocenters. The monoisotopic (exact) mass is 137 g/mol. The lowest BCUT2D eigenvalue weighted by Gasteiger charge is -2.12. The van der Waals surface area contributed by atoms with Crippen molar-refractivity contribution in [2.24, 2.45) is 0 Å². The summed E-state index contributed by atoms with van der Waals surface area (Å²) in [6.07, 6.45) is 3.55. The standard InChI is InChI=1S/C6H7NOSi/c1-3-6(2)7(4-8)5-9/h3-5H,1-2H2. The number of carbonyl (C=O) groups is 1. The van der Waals surface area contributed by atoms with Crippen molar-refractivity contribution in [2.75, 3.05) is 0 Å². The highest BCUT2D eigenvalue weighted by Gasteiger charge is 1.96. The summed E-state index contributed by atoms with van der Waals surface area (Å²) in [6.45, 7) is 6.97. The van der Waals surface area contributed by atoms with E-state index >= 15 is 0 Å². The van der Waals surface area contributed by atoms with Crippen molar-refractivity contribution < 1.29 is 4.79 Å². The fraction of sp³-hybridized carbons (Fsp3) is 0. The molecule has 0 aromatic heterocycles. The maximum Gasteiger partial charge on any atom is 0.214 e. The molecule has 0 atom stereocenters. The van der Waals surface area contributed by atoms with E-state index in [-0.39, 0.29) is 0 Å². The Morgan fingerprint density at radius 1 is 1.67 bits per heavy atom. The number of allylic oxidation sites excluding steroid dienone is 1. The molecule has 0 rings (SSSR count). The third-order valence-corrected chi connectivity index (χ3v) is 1.10. The number of hydrogen-bond acceptors (Lipinski definition) is 1. The maximum atomic E-state index is 10.1. The average molecular weight is 137 g/mol. The number of hydrogen-bond donors (Lipinski definition) is 0. The average Bonchev–Trinajstić information content (AvgIpc) is 1.90. The van der Waals surface area contributed by atoms with Gasteiger partial charge in [0.2, 0.25) is 6.41 Å². The molecule has 9 heavy (non-hydrogen) atoms. The zero-order valence-corrected chi connectivity index (χ0v) is 6.00. The molecule has 0 spiro atoms. The van der Waals surface area contributed by atoms with Crippen LogP contribution in [0.2, 0.25) is 0 Å². The van der Waals surface area contributed by atoms with Crippen LogP contribution in [0, 0.1) is 6.17 Å². The van der Waals surface area contributed by atoms with Crippen molar-refractivity contribution in [1.82, 2.24) is 4.90 Å². The lowest BCUT2D eigenvalue weighted by Crippen LogP contribution is -2.15.